The lowest BCUT2D eigenvalue weighted by Gasteiger charge is -2.16. The third-order valence-corrected chi connectivity index (χ3v) is 6.63. The molecular formula is C26H26BrClN2O2. The molecule has 32 heavy (non-hydrogen) atoms. The van der Waals surface area contributed by atoms with Crippen LogP contribution < -0.4 is 10.1 Å². The molecule has 3 aromatic carbocycles. The van der Waals surface area contributed by atoms with Crippen molar-refractivity contribution in [2.24, 2.45) is 0 Å². The Kier molecular flexibility index (Phi) is 7.85. The molecule has 166 valence electrons. The SMILES string of the molecule is O=C(NCCc1ccc(CN2CCCC2)c(Br)c1)Oc1ccc(-c2ccc(Cl)cc2)cc1. The number of hydrogen-bond donors (Lipinski definition) is 1. The zero-order chi connectivity index (χ0) is 22.3. The summed E-state index contributed by atoms with van der Waals surface area (Å²) in [6.45, 7) is 3.87. The summed E-state index contributed by atoms with van der Waals surface area (Å²) >= 11 is 9.64. The second-order valence-corrected chi connectivity index (χ2v) is 9.30. The van der Waals surface area contributed by atoms with Crippen molar-refractivity contribution >= 4 is 33.6 Å². The Bertz CT molecular complexity index is 1050. The Morgan fingerprint density at radius 3 is 2.28 bits per heavy atom. The van der Waals surface area contributed by atoms with Crippen molar-refractivity contribution in [1.29, 1.82) is 0 Å². The van der Waals surface area contributed by atoms with Gasteiger partial charge in [-0.25, -0.2) is 4.79 Å². The maximum Gasteiger partial charge on any atom is 0.412 e. The molecule has 1 aliphatic heterocycles. The molecular weight excluding hydrogens is 488 g/mol. The van der Waals surface area contributed by atoms with Crippen molar-refractivity contribution in [2.45, 2.75) is 25.8 Å². The molecule has 6 heteroatoms. The predicted octanol–water partition coefficient (Wildman–Crippen LogP) is 6.70. The van der Waals surface area contributed by atoms with Crippen LogP contribution in [0.3, 0.4) is 0 Å². The lowest BCUT2D eigenvalue weighted by molar-refractivity contribution is 0.200. The zero-order valence-corrected chi connectivity index (χ0v) is 20.2. The van der Waals surface area contributed by atoms with E-state index < -0.39 is 6.09 Å². The van der Waals surface area contributed by atoms with E-state index in [1.807, 2.05) is 36.4 Å². The molecule has 0 unspecified atom stereocenters. The lowest BCUT2D eigenvalue weighted by Crippen LogP contribution is -2.28. The summed E-state index contributed by atoms with van der Waals surface area (Å²) in [4.78, 5) is 14.6. The molecule has 4 rings (SSSR count). The van der Waals surface area contributed by atoms with Gasteiger partial charge in [-0.15, -0.1) is 0 Å². The van der Waals surface area contributed by atoms with E-state index in [1.54, 1.807) is 12.1 Å². The summed E-state index contributed by atoms with van der Waals surface area (Å²) < 4.78 is 6.52. The molecule has 0 atom stereocenters. The van der Waals surface area contributed by atoms with Gasteiger partial charge in [-0.2, -0.15) is 0 Å². The number of hydrogen-bond acceptors (Lipinski definition) is 3. The largest absolute Gasteiger partial charge is 0.412 e. The van der Waals surface area contributed by atoms with E-state index in [2.05, 4.69) is 44.3 Å². The molecule has 1 fully saturated rings. The molecule has 1 aliphatic rings. The van der Waals surface area contributed by atoms with Gasteiger partial charge in [0.2, 0.25) is 0 Å². The number of carbonyl (C=O) groups excluding carboxylic acids is 1. The minimum absolute atomic E-state index is 0.450. The van der Waals surface area contributed by atoms with Gasteiger partial charge in [-0.05, 0) is 84.9 Å². The summed E-state index contributed by atoms with van der Waals surface area (Å²) in [5.74, 6) is 0.509. The predicted molar refractivity (Wildman–Crippen MR) is 133 cm³/mol. The fourth-order valence-corrected chi connectivity index (χ4v) is 4.54. The quantitative estimate of drug-likeness (QED) is 0.382. The standard InChI is InChI=1S/C26H26BrClN2O2/c27-25-17-19(3-4-22(25)18-30-15-1-2-16-30)13-14-29-26(31)32-24-11-7-21(8-12-24)20-5-9-23(28)10-6-20/h3-12,17H,1-2,13-16,18H2,(H,29,31). The molecule has 1 heterocycles. The molecule has 1 amide bonds. The molecule has 0 aromatic heterocycles. The maximum absolute atomic E-state index is 12.1. The Balaban J connectivity index is 1.23. The first-order valence-corrected chi connectivity index (χ1v) is 12.1. The van der Waals surface area contributed by atoms with Gasteiger partial charge in [0.05, 0.1) is 0 Å². The monoisotopic (exact) mass is 512 g/mol. The molecule has 4 nitrogen and oxygen atoms in total. The average Bonchev–Trinajstić information content (AvgIpc) is 3.30. The first-order valence-electron chi connectivity index (χ1n) is 10.9. The van der Waals surface area contributed by atoms with Gasteiger partial charge in [0.1, 0.15) is 5.75 Å². The second kappa shape index (κ2) is 11.0. The third kappa shape index (κ3) is 6.35. The summed E-state index contributed by atoms with van der Waals surface area (Å²) in [6.07, 6.45) is 2.88. The highest BCUT2D eigenvalue weighted by Crippen LogP contribution is 2.24. The summed E-state index contributed by atoms with van der Waals surface area (Å²) in [5.41, 5.74) is 4.58. The number of carbonyl (C=O) groups is 1. The average molecular weight is 514 g/mol. The molecule has 0 spiro atoms. The number of halogens is 2. The minimum Gasteiger partial charge on any atom is -0.410 e. The van der Waals surface area contributed by atoms with Crippen LogP contribution in [0.2, 0.25) is 5.02 Å². The first-order chi connectivity index (χ1) is 15.6. The summed E-state index contributed by atoms with van der Waals surface area (Å²) in [7, 11) is 0. The van der Waals surface area contributed by atoms with E-state index in [1.165, 1.54) is 37.1 Å². The number of nitrogens with zero attached hydrogens (tertiary/aromatic N) is 1. The van der Waals surface area contributed by atoms with E-state index in [9.17, 15) is 4.79 Å². The first kappa shape index (κ1) is 22.8. The van der Waals surface area contributed by atoms with Gasteiger partial charge >= 0.3 is 6.09 Å². The van der Waals surface area contributed by atoms with Gasteiger partial charge in [-0.3, -0.25) is 4.90 Å². The fourth-order valence-electron chi connectivity index (χ4n) is 3.87. The third-order valence-electron chi connectivity index (χ3n) is 5.64. The number of benzene rings is 3. The van der Waals surface area contributed by atoms with Gasteiger partial charge < -0.3 is 10.1 Å². The van der Waals surface area contributed by atoms with E-state index in [4.69, 9.17) is 16.3 Å². The summed E-state index contributed by atoms with van der Waals surface area (Å²) in [6, 6.07) is 21.5. The van der Waals surface area contributed by atoms with Crippen LogP contribution in [0.25, 0.3) is 11.1 Å². The van der Waals surface area contributed by atoms with Crippen LogP contribution >= 0.6 is 27.5 Å². The van der Waals surface area contributed by atoms with Crippen molar-refractivity contribution in [3.8, 4) is 16.9 Å². The smallest absolute Gasteiger partial charge is 0.410 e. The minimum atomic E-state index is -0.450. The van der Waals surface area contributed by atoms with Crippen LogP contribution in [-0.2, 0) is 13.0 Å². The highest BCUT2D eigenvalue weighted by atomic mass is 79.9. The second-order valence-electron chi connectivity index (χ2n) is 8.01. The highest BCUT2D eigenvalue weighted by Gasteiger charge is 2.13. The van der Waals surface area contributed by atoms with Crippen molar-refractivity contribution in [1.82, 2.24) is 10.2 Å². The number of rotatable bonds is 7. The Labute approximate surface area is 202 Å². The van der Waals surface area contributed by atoms with E-state index >= 15 is 0 Å². The number of ether oxygens (including phenoxy) is 1. The molecule has 1 saturated heterocycles. The van der Waals surface area contributed by atoms with Crippen molar-refractivity contribution in [2.75, 3.05) is 19.6 Å². The molecule has 3 aromatic rings. The Hall–Kier alpha value is -2.34. The number of nitrogens with one attached hydrogen (secondary N) is 1. The normalized spacial score (nSPS) is 13.8. The Morgan fingerprint density at radius 1 is 0.969 bits per heavy atom. The van der Waals surface area contributed by atoms with Crippen LogP contribution in [0.4, 0.5) is 4.79 Å². The van der Waals surface area contributed by atoms with Crippen LogP contribution in [-0.4, -0.2) is 30.6 Å². The van der Waals surface area contributed by atoms with Gasteiger partial charge in [0.15, 0.2) is 0 Å². The van der Waals surface area contributed by atoms with Crippen molar-refractivity contribution in [3.63, 3.8) is 0 Å². The van der Waals surface area contributed by atoms with Crippen molar-refractivity contribution in [3.05, 3.63) is 87.4 Å². The fraction of sp³-hybridized carbons (Fsp3) is 0.269. The molecule has 0 aliphatic carbocycles. The molecule has 0 radical (unpaired) electrons. The topological polar surface area (TPSA) is 41.6 Å². The maximum atomic E-state index is 12.1. The lowest BCUT2D eigenvalue weighted by atomic mass is 10.1. The van der Waals surface area contributed by atoms with Crippen LogP contribution in [0.1, 0.15) is 24.0 Å². The zero-order valence-electron chi connectivity index (χ0n) is 17.8. The van der Waals surface area contributed by atoms with E-state index in [0.29, 0.717) is 17.3 Å². The Morgan fingerprint density at radius 2 is 1.62 bits per heavy atom. The van der Waals surface area contributed by atoms with Crippen LogP contribution in [0.15, 0.2) is 71.2 Å². The number of likely N-dealkylation sites (tertiary alicyclic amines) is 1. The van der Waals surface area contributed by atoms with Gasteiger partial charge in [0.25, 0.3) is 0 Å². The highest BCUT2D eigenvalue weighted by molar-refractivity contribution is 9.10. The van der Waals surface area contributed by atoms with Gasteiger partial charge in [0, 0.05) is 22.6 Å². The van der Waals surface area contributed by atoms with E-state index in [0.717, 1.165) is 28.6 Å². The number of amides is 1. The molecule has 0 saturated carbocycles. The molecule has 0 bridgehead atoms. The van der Waals surface area contributed by atoms with Crippen LogP contribution in [0.5, 0.6) is 5.75 Å². The molecule has 1 N–H and O–H groups in total. The summed E-state index contributed by atoms with van der Waals surface area (Å²) in [5, 5.41) is 3.53. The van der Waals surface area contributed by atoms with Gasteiger partial charge in [-0.1, -0.05) is 63.9 Å². The van der Waals surface area contributed by atoms with Crippen LogP contribution in [0, 0.1) is 0 Å². The van der Waals surface area contributed by atoms with E-state index in [-0.39, 0.29) is 0 Å². The van der Waals surface area contributed by atoms with Crippen molar-refractivity contribution < 1.29 is 9.53 Å².